The van der Waals surface area contributed by atoms with Gasteiger partial charge in [-0.2, -0.15) is 0 Å². The van der Waals surface area contributed by atoms with Gasteiger partial charge in [-0.15, -0.1) is 0 Å². The van der Waals surface area contributed by atoms with E-state index < -0.39 is 0 Å². The predicted molar refractivity (Wildman–Crippen MR) is 28.5 cm³/mol. The molecule has 4 nitrogen and oxygen atoms in total. The third-order valence-corrected chi connectivity index (χ3v) is 0. The van der Waals surface area contributed by atoms with Gasteiger partial charge < -0.3 is 19.2 Å². The molecule has 0 aliphatic carbocycles. The van der Waals surface area contributed by atoms with Gasteiger partial charge in [-0.1, -0.05) is 0 Å². The van der Waals surface area contributed by atoms with Crippen molar-refractivity contribution < 1.29 is 39.6 Å². The van der Waals surface area contributed by atoms with Gasteiger partial charge in [-0.3, -0.25) is 0 Å². The molecule has 0 spiro atoms. The zero-order chi connectivity index (χ0) is 8.00. The van der Waals surface area contributed by atoms with Gasteiger partial charge in [-0.05, 0) is 0 Å². The van der Waals surface area contributed by atoms with Crippen molar-refractivity contribution >= 4 is 27.2 Å². The molecule has 0 aromatic rings. The molecule has 0 unspecified atom stereocenters. The maximum absolute atomic E-state index is 8.00. The van der Waals surface area contributed by atoms with Gasteiger partial charge in [0.1, 0.15) is 27.2 Å². The van der Waals surface area contributed by atoms with Gasteiger partial charge in [0.05, 0.1) is 0 Å². The molecule has 0 aliphatic rings. The third-order valence-electron chi connectivity index (χ3n) is 0. The van der Waals surface area contributed by atoms with E-state index in [1.807, 2.05) is 27.2 Å². The molecule has 0 saturated heterocycles. The fraction of sp³-hybridized carbons (Fsp3) is 0. The minimum atomic E-state index is 0. The molecule has 0 aromatic carbocycles. The van der Waals surface area contributed by atoms with Crippen molar-refractivity contribution in [3.05, 3.63) is 0 Å². The molecule has 0 N–H and O–H groups in total. The molecule has 1 radical (unpaired) electrons. The van der Waals surface area contributed by atoms with Crippen molar-refractivity contribution in [1.82, 2.24) is 0 Å². The summed E-state index contributed by atoms with van der Waals surface area (Å²) >= 11 is 0. The molecule has 0 saturated carbocycles. The third kappa shape index (κ3) is 484. The summed E-state index contributed by atoms with van der Waals surface area (Å²) < 4.78 is 0. The van der Waals surface area contributed by atoms with Crippen LogP contribution in [-0.4, -0.2) is 27.2 Å². The Hall–Kier alpha value is -0.658. The van der Waals surface area contributed by atoms with Crippen molar-refractivity contribution in [2.45, 2.75) is 0 Å². The first-order chi connectivity index (χ1) is 4.00. The monoisotopic (exact) mass is 307 g/mol. The van der Waals surface area contributed by atoms with Crippen LogP contribution in [0.3, 0.4) is 0 Å². The Morgan fingerprint density at radius 1 is 0.444 bits per heavy atom. The smallest absolute Gasteiger partial charge is 0.106 e. The number of rotatable bonds is 0. The largest absolute Gasteiger partial charge is 0.307 e. The van der Waals surface area contributed by atoms with Gasteiger partial charge in [0.15, 0.2) is 0 Å². The van der Waals surface area contributed by atoms with Crippen molar-refractivity contribution in [1.29, 1.82) is 0 Å². The fourth-order valence-corrected chi connectivity index (χ4v) is 0. The molecule has 0 fully saturated rings. The Balaban J connectivity index is -0.00000000762. The molecule has 0 aliphatic heterocycles. The second kappa shape index (κ2) is 683. The molecular formula is C4H8O4Re. The maximum Gasteiger partial charge on any atom is 0.106 e. The summed E-state index contributed by atoms with van der Waals surface area (Å²) in [4.78, 5) is 32.0. The van der Waals surface area contributed by atoms with Gasteiger partial charge in [0, 0.05) is 20.4 Å². The molecule has 0 rings (SSSR count). The molecular weight excluding hydrogens is 298 g/mol. The van der Waals surface area contributed by atoms with Crippen LogP contribution < -0.4 is 0 Å². The molecule has 0 bridgehead atoms. The summed E-state index contributed by atoms with van der Waals surface area (Å²) in [7, 11) is 0. The Morgan fingerprint density at radius 3 is 0.444 bits per heavy atom. The molecule has 0 aromatic heterocycles. The van der Waals surface area contributed by atoms with E-state index in [4.69, 9.17) is 19.2 Å². The van der Waals surface area contributed by atoms with Crippen LogP contribution in [0.15, 0.2) is 0 Å². The average molecular weight is 306 g/mol. The minimum Gasteiger partial charge on any atom is -0.307 e. The van der Waals surface area contributed by atoms with Crippen LogP contribution in [0.5, 0.6) is 0 Å². The number of carbonyl (C=O) groups is 4. The quantitative estimate of drug-likeness (QED) is 0.591. The summed E-state index contributed by atoms with van der Waals surface area (Å²) in [5.41, 5.74) is 0. The zero-order valence-electron chi connectivity index (χ0n) is 4.84. The van der Waals surface area contributed by atoms with Crippen LogP contribution in [0.2, 0.25) is 0 Å². The number of hydrogen-bond donors (Lipinski definition) is 0. The first-order valence-electron chi connectivity index (χ1n) is 1.15. The van der Waals surface area contributed by atoms with E-state index in [9.17, 15) is 0 Å². The van der Waals surface area contributed by atoms with E-state index in [1.54, 1.807) is 0 Å². The second-order valence-electron chi connectivity index (χ2n) is 0. The number of carbonyl (C=O) groups excluding carboxylic acids is 4. The van der Waals surface area contributed by atoms with Gasteiger partial charge in [-0.25, -0.2) is 0 Å². The van der Waals surface area contributed by atoms with E-state index in [-0.39, 0.29) is 20.4 Å². The zero-order valence-corrected chi connectivity index (χ0v) is 7.56. The Labute approximate surface area is 67.3 Å². The van der Waals surface area contributed by atoms with Crippen LogP contribution in [0.4, 0.5) is 0 Å². The topological polar surface area (TPSA) is 68.3 Å². The normalized spacial score (nSPS) is 1.78. The van der Waals surface area contributed by atoms with Crippen LogP contribution >= 0.6 is 0 Å². The van der Waals surface area contributed by atoms with E-state index in [2.05, 4.69) is 0 Å². The molecule has 0 atom stereocenters. The minimum absolute atomic E-state index is 0. The summed E-state index contributed by atoms with van der Waals surface area (Å²) in [5.74, 6) is 0. The first-order valence-corrected chi connectivity index (χ1v) is 1.15. The Kier molecular flexibility index (Phi) is 3050. The first kappa shape index (κ1) is 40.3. The van der Waals surface area contributed by atoms with Crippen LogP contribution in [-0.2, 0) is 39.6 Å². The molecule has 5 heteroatoms. The van der Waals surface area contributed by atoms with E-state index in [0.717, 1.165) is 0 Å². The summed E-state index contributed by atoms with van der Waals surface area (Å²) in [6.07, 6.45) is 0. The molecule has 55 valence electrons. The summed E-state index contributed by atoms with van der Waals surface area (Å²) in [6.45, 7) is 8.00. The van der Waals surface area contributed by atoms with Crippen LogP contribution in [0.25, 0.3) is 0 Å². The predicted octanol–water partition coefficient (Wildman–Crippen LogP) is -0.742. The Bertz CT molecular complexity index is 20.5. The van der Waals surface area contributed by atoms with Crippen LogP contribution in [0.1, 0.15) is 0 Å². The summed E-state index contributed by atoms with van der Waals surface area (Å²) in [6, 6.07) is 0. The van der Waals surface area contributed by atoms with Crippen molar-refractivity contribution in [2.24, 2.45) is 0 Å². The SMILES string of the molecule is C=O.C=O.C=O.C=O.[Re]. The molecule has 0 heterocycles. The van der Waals surface area contributed by atoms with Crippen molar-refractivity contribution in [3.8, 4) is 0 Å². The van der Waals surface area contributed by atoms with Gasteiger partial charge >= 0.3 is 0 Å². The van der Waals surface area contributed by atoms with E-state index in [1.165, 1.54) is 0 Å². The molecule has 0 amide bonds. The average Bonchev–Trinajstić information content (AvgIpc) is 2.03. The maximum atomic E-state index is 8.00. The van der Waals surface area contributed by atoms with E-state index in [0.29, 0.717) is 0 Å². The standard InChI is InChI=1S/4CH2O.Re/c4*1-2;/h4*1H2;. The summed E-state index contributed by atoms with van der Waals surface area (Å²) in [5, 5.41) is 0. The van der Waals surface area contributed by atoms with Gasteiger partial charge in [0.25, 0.3) is 0 Å². The fourth-order valence-electron chi connectivity index (χ4n) is 0. The Morgan fingerprint density at radius 2 is 0.444 bits per heavy atom. The van der Waals surface area contributed by atoms with Gasteiger partial charge in [0.2, 0.25) is 0 Å². The molecule has 9 heavy (non-hydrogen) atoms. The van der Waals surface area contributed by atoms with Crippen molar-refractivity contribution in [3.63, 3.8) is 0 Å². The van der Waals surface area contributed by atoms with Crippen molar-refractivity contribution in [2.75, 3.05) is 0 Å². The van der Waals surface area contributed by atoms with E-state index >= 15 is 0 Å². The van der Waals surface area contributed by atoms with Crippen LogP contribution in [0, 0.1) is 0 Å². The number of hydrogen-bond acceptors (Lipinski definition) is 4. The second-order valence-corrected chi connectivity index (χ2v) is 0.